The Morgan fingerprint density at radius 1 is 1.32 bits per heavy atom. The lowest BCUT2D eigenvalue weighted by molar-refractivity contribution is 0.0563. The fourth-order valence-corrected chi connectivity index (χ4v) is 5.78. The zero-order chi connectivity index (χ0) is 25.0. The van der Waals surface area contributed by atoms with Crippen molar-refractivity contribution in [1.29, 1.82) is 0 Å². The van der Waals surface area contributed by atoms with E-state index in [4.69, 9.17) is 4.74 Å². The number of amides is 1. The Kier molecular flexibility index (Phi) is 8.12. The first kappa shape index (κ1) is 25.9. The molecule has 2 aromatic carbocycles. The molecule has 9 heteroatoms. The second-order valence-corrected chi connectivity index (χ2v) is 10.5. The summed E-state index contributed by atoms with van der Waals surface area (Å²) in [5.74, 6) is -0.994. The molecule has 1 heterocycles. The molecule has 3 rings (SSSR count). The second-order valence-electron chi connectivity index (χ2n) is 8.64. The summed E-state index contributed by atoms with van der Waals surface area (Å²) in [4.78, 5) is 14.4. The van der Waals surface area contributed by atoms with Crippen LogP contribution in [-0.2, 0) is 10.0 Å². The topological polar surface area (TPSA) is 87.2 Å². The molecule has 2 aromatic rings. The third-order valence-corrected chi connectivity index (χ3v) is 7.94. The van der Waals surface area contributed by atoms with Crippen molar-refractivity contribution in [2.24, 2.45) is 5.92 Å². The molecular formula is C25H31FN2O5S. The van der Waals surface area contributed by atoms with E-state index in [-0.39, 0.29) is 47.7 Å². The number of rotatable bonds is 6. The molecule has 0 aromatic heterocycles. The minimum absolute atomic E-state index is 0.0112. The van der Waals surface area contributed by atoms with Gasteiger partial charge in [0.25, 0.3) is 5.91 Å². The zero-order valence-electron chi connectivity index (χ0n) is 19.8. The number of aliphatic hydroxyl groups is 1. The van der Waals surface area contributed by atoms with Gasteiger partial charge in [-0.15, -0.1) is 0 Å². The minimum atomic E-state index is -3.93. The van der Waals surface area contributed by atoms with Gasteiger partial charge in [0.05, 0.1) is 13.2 Å². The number of hydrogen-bond donors (Lipinski definition) is 1. The molecule has 0 spiro atoms. The van der Waals surface area contributed by atoms with E-state index in [0.29, 0.717) is 0 Å². The number of nitrogens with zero attached hydrogens (tertiary/aromatic N) is 2. The van der Waals surface area contributed by atoms with Gasteiger partial charge in [-0.25, -0.2) is 12.8 Å². The summed E-state index contributed by atoms with van der Waals surface area (Å²) in [6.07, 6.45) is 3.12. The van der Waals surface area contributed by atoms with Crippen LogP contribution in [0.2, 0.25) is 0 Å². The van der Waals surface area contributed by atoms with Crippen LogP contribution >= 0.6 is 0 Å². The van der Waals surface area contributed by atoms with Gasteiger partial charge in [0.2, 0.25) is 10.0 Å². The highest BCUT2D eigenvalue weighted by atomic mass is 32.2. The monoisotopic (exact) mass is 490 g/mol. The summed E-state index contributed by atoms with van der Waals surface area (Å²) < 4.78 is 48.1. The van der Waals surface area contributed by atoms with E-state index < -0.39 is 28.0 Å². The van der Waals surface area contributed by atoms with Crippen LogP contribution in [0.15, 0.2) is 53.4 Å². The molecular weight excluding hydrogens is 459 g/mol. The van der Waals surface area contributed by atoms with Crippen molar-refractivity contribution in [3.05, 3.63) is 65.5 Å². The summed E-state index contributed by atoms with van der Waals surface area (Å²) in [6, 6.07) is 9.69. The average Bonchev–Trinajstić information content (AvgIpc) is 2.80. The van der Waals surface area contributed by atoms with Gasteiger partial charge in [-0.3, -0.25) is 4.79 Å². The van der Waals surface area contributed by atoms with Crippen LogP contribution in [0.3, 0.4) is 0 Å². The number of carbonyl (C=O) groups excluding carboxylic acids is 1. The van der Waals surface area contributed by atoms with Gasteiger partial charge in [0, 0.05) is 31.1 Å². The van der Waals surface area contributed by atoms with Gasteiger partial charge < -0.3 is 14.7 Å². The van der Waals surface area contributed by atoms with Gasteiger partial charge in [0.15, 0.2) is 0 Å². The molecule has 3 atom stereocenters. The zero-order valence-corrected chi connectivity index (χ0v) is 20.6. The van der Waals surface area contributed by atoms with Crippen molar-refractivity contribution < 1.29 is 27.4 Å². The smallest absolute Gasteiger partial charge is 0.253 e. The number of hydrogen-bond acceptors (Lipinski definition) is 5. The van der Waals surface area contributed by atoms with Crippen molar-refractivity contribution in [2.75, 3.05) is 26.7 Å². The first-order valence-electron chi connectivity index (χ1n) is 11.2. The second kappa shape index (κ2) is 10.7. The Balaban J connectivity index is 2.00. The Morgan fingerprint density at radius 3 is 2.71 bits per heavy atom. The fraction of sp³-hybridized carbons (Fsp3) is 0.400. The molecule has 0 bridgehead atoms. The van der Waals surface area contributed by atoms with E-state index in [9.17, 15) is 22.7 Å². The van der Waals surface area contributed by atoms with E-state index in [1.807, 2.05) is 26.0 Å². The molecule has 34 heavy (non-hydrogen) atoms. The number of carbonyl (C=O) groups is 1. The molecule has 0 saturated heterocycles. The maximum Gasteiger partial charge on any atom is 0.253 e. The Labute approximate surface area is 200 Å². The Morgan fingerprint density at radius 2 is 2.06 bits per heavy atom. The standard InChI is InChI=1S/C25H31FN2O5S/c1-5-7-19-10-11-24-22(12-19)33-23(17(2)14-28(18(3)16-29)34(24,31)32)15-27(4)25(30)20-8-6-9-21(26)13-20/h5-13,17-18,23,29H,14-16H2,1-4H3/b7-5+/t17-,18+,23+/m1/s1. The number of aliphatic hydroxyl groups excluding tert-OH is 1. The van der Waals surface area contributed by atoms with Crippen molar-refractivity contribution >= 4 is 22.0 Å². The fourth-order valence-electron chi connectivity index (χ4n) is 3.95. The van der Waals surface area contributed by atoms with Crippen molar-refractivity contribution in [1.82, 2.24) is 9.21 Å². The highest BCUT2D eigenvalue weighted by Crippen LogP contribution is 2.34. The summed E-state index contributed by atoms with van der Waals surface area (Å²) in [5, 5.41) is 9.73. The lowest BCUT2D eigenvalue weighted by atomic mass is 10.0. The number of allylic oxidation sites excluding steroid dienone is 1. The lowest BCUT2D eigenvalue weighted by Crippen LogP contribution is -2.50. The normalized spacial score (nSPS) is 21.2. The van der Waals surface area contributed by atoms with Gasteiger partial charge >= 0.3 is 0 Å². The van der Waals surface area contributed by atoms with Crippen LogP contribution in [0.4, 0.5) is 4.39 Å². The molecule has 1 N–H and O–H groups in total. The highest BCUT2D eigenvalue weighted by Gasteiger charge is 2.38. The predicted octanol–water partition coefficient (Wildman–Crippen LogP) is 3.40. The van der Waals surface area contributed by atoms with Gasteiger partial charge in [0.1, 0.15) is 22.6 Å². The molecule has 184 valence electrons. The average molecular weight is 491 g/mol. The van der Waals surface area contributed by atoms with Crippen molar-refractivity contribution in [3.8, 4) is 5.75 Å². The van der Waals surface area contributed by atoms with Crippen molar-refractivity contribution in [2.45, 2.75) is 37.8 Å². The van der Waals surface area contributed by atoms with E-state index in [2.05, 4.69) is 0 Å². The number of benzene rings is 2. The predicted molar refractivity (Wildman–Crippen MR) is 129 cm³/mol. The number of sulfonamides is 1. The first-order valence-corrected chi connectivity index (χ1v) is 12.6. The van der Waals surface area contributed by atoms with Gasteiger partial charge in [-0.05, 0) is 49.7 Å². The SMILES string of the molecule is C/C=C/c1ccc2c(c1)O[C@@H](CN(C)C(=O)c1cccc(F)c1)[C@H](C)CN([C@@H](C)CO)S2(=O)=O. The number of halogens is 1. The summed E-state index contributed by atoms with van der Waals surface area (Å²) in [5.41, 5.74) is 0.990. The van der Waals surface area contributed by atoms with Crippen LogP contribution in [0, 0.1) is 11.7 Å². The molecule has 7 nitrogen and oxygen atoms in total. The van der Waals surface area contributed by atoms with Crippen LogP contribution in [0.1, 0.15) is 36.7 Å². The summed E-state index contributed by atoms with van der Waals surface area (Å²) in [6.45, 7) is 5.28. The number of ether oxygens (including phenoxy) is 1. The molecule has 0 aliphatic carbocycles. The quantitative estimate of drug-likeness (QED) is 0.671. The van der Waals surface area contributed by atoms with Gasteiger partial charge in [-0.1, -0.05) is 31.2 Å². The summed E-state index contributed by atoms with van der Waals surface area (Å²) >= 11 is 0. The third-order valence-electron chi connectivity index (χ3n) is 5.92. The van der Waals surface area contributed by atoms with E-state index in [0.717, 1.165) is 5.56 Å². The number of fused-ring (bicyclic) bond motifs is 1. The van der Waals surface area contributed by atoms with Crippen LogP contribution in [0.5, 0.6) is 5.75 Å². The molecule has 1 aliphatic rings. The molecule has 1 amide bonds. The van der Waals surface area contributed by atoms with E-state index in [1.54, 1.807) is 32.2 Å². The highest BCUT2D eigenvalue weighted by molar-refractivity contribution is 7.89. The molecule has 0 radical (unpaired) electrons. The van der Waals surface area contributed by atoms with Crippen LogP contribution < -0.4 is 4.74 Å². The Hall–Kier alpha value is -2.75. The van der Waals surface area contributed by atoms with E-state index in [1.165, 1.54) is 33.5 Å². The summed E-state index contributed by atoms with van der Waals surface area (Å²) in [7, 11) is -2.33. The van der Waals surface area contributed by atoms with Gasteiger partial charge in [-0.2, -0.15) is 4.31 Å². The number of likely N-dealkylation sites (N-methyl/N-ethyl adjacent to an activating group) is 1. The van der Waals surface area contributed by atoms with Crippen LogP contribution in [-0.4, -0.2) is 67.5 Å². The lowest BCUT2D eigenvalue weighted by Gasteiger charge is -2.37. The largest absolute Gasteiger partial charge is 0.487 e. The molecule has 0 saturated carbocycles. The minimum Gasteiger partial charge on any atom is -0.487 e. The Bertz CT molecular complexity index is 1170. The maximum absolute atomic E-state index is 13.6. The molecule has 0 fully saturated rings. The van der Waals surface area contributed by atoms with Crippen LogP contribution in [0.25, 0.3) is 6.08 Å². The van der Waals surface area contributed by atoms with E-state index >= 15 is 0 Å². The van der Waals surface area contributed by atoms with Crippen molar-refractivity contribution in [3.63, 3.8) is 0 Å². The third kappa shape index (κ3) is 5.48. The maximum atomic E-state index is 13.6. The first-order chi connectivity index (χ1) is 16.1. The molecule has 1 aliphatic heterocycles. The molecule has 0 unspecified atom stereocenters.